The van der Waals surface area contributed by atoms with E-state index in [1.54, 1.807) is 10.9 Å². The number of hydrogen-bond donors (Lipinski definition) is 1. The zero-order chi connectivity index (χ0) is 9.80. The fourth-order valence-corrected chi connectivity index (χ4v) is 1.94. The summed E-state index contributed by atoms with van der Waals surface area (Å²) in [5.74, 6) is 0. The van der Waals surface area contributed by atoms with Crippen molar-refractivity contribution in [3.8, 4) is 0 Å². The monoisotopic (exact) mass is 274 g/mol. The van der Waals surface area contributed by atoms with Gasteiger partial charge in [-0.1, -0.05) is 16.6 Å². The lowest BCUT2D eigenvalue weighted by Crippen LogP contribution is -2.10. The summed E-state index contributed by atoms with van der Waals surface area (Å²) in [6, 6.07) is 0. The lowest BCUT2D eigenvalue weighted by molar-refractivity contribution is 0.608. The molecule has 0 aliphatic rings. The zero-order valence-corrected chi connectivity index (χ0v) is 9.49. The second-order valence-corrected chi connectivity index (χ2v) is 4.71. The van der Waals surface area contributed by atoms with Crippen LogP contribution in [0, 0.1) is 0 Å². The maximum absolute atomic E-state index is 3.90. The van der Waals surface area contributed by atoms with E-state index < -0.39 is 0 Å². The number of aromatic nitrogens is 5. The molecule has 0 aromatic carbocycles. The van der Waals surface area contributed by atoms with Crippen LogP contribution in [-0.4, -0.2) is 31.7 Å². The number of nitrogens with zero attached hydrogens (tertiary/aromatic N) is 5. The van der Waals surface area contributed by atoms with Gasteiger partial charge >= 0.3 is 0 Å². The van der Waals surface area contributed by atoms with Crippen LogP contribution in [0.15, 0.2) is 16.3 Å². The van der Waals surface area contributed by atoms with Gasteiger partial charge in [-0.25, -0.2) is 0 Å². The van der Waals surface area contributed by atoms with Crippen LogP contribution in [0.1, 0.15) is 0 Å². The Morgan fingerprint density at radius 3 is 3.07 bits per heavy atom. The lowest BCUT2D eigenvalue weighted by Gasteiger charge is -2.00. The molecule has 0 radical (unpaired) electrons. The van der Waals surface area contributed by atoms with Gasteiger partial charge in [0.1, 0.15) is 0 Å². The van der Waals surface area contributed by atoms with Crippen LogP contribution >= 0.6 is 27.3 Å². The Labute approximate surface area is 92.5 Å². The Morgan fingerprint density at radius 2 is 2.43 bits per heavy atom. The standard InChI is InChI=1S/C6H7BrN6S/c7-5-10-11-6(14-5)8-1-3-13-4-2-9-12-13/h2,4H,1,3H2,(H,8,11). The quantitative estimate of drug-likeness (QED) is 0.901. The molecule has 0 unspecified atom stereocenters. The predicted octanol–water partition coefficient (Wildman–Crippen LogP) is 1.00. The molecule has 0 fully saturated rings. The first kappa shape index (κ1) is 9.53. The van der Waals surface area contributed by atoms with Crippen LogP contribution in [0.4, 0.5) is 5.13 Å². The van der Waals surface area contributed by atoms with Gasteiger partial charge in [-0.15, -0.1) is 15.3 Å². The fraction of sp³-hybridized carbons (Fsp3) is 0.333. The Balaban J connectivity index is 1.78. The van der Waals surface area contributed by atoms with Crippen molar-refractivity contribution in [2.75, 3.05) is 11.9 Å². The summed E-state index contributed by atoms with van der Waals surface area (Å²) in [6.07, 6.45) is 3.47. The minimum absolute atomic E-state index is 0.755. The van der Waals surface area contributed by atoms with Crippen LogP contribution in [0.2, 0.25) is 0 Å². The van der Waals surface area contributed by atoms with Crippen molar-refractivity contribution in [1.29, 1.82) is 0 Å². The van der Waals surface area contributed by atoms with E-state index >= 15 is 0 Å². The van der Waals surface area contributed by atoms with Gasteiger partial charge in [-0.05, 0) is 15.9 Å². The van der Waals surface area contributed by atoms with Gasteiger partial charge in [0.15, 0.2) is 3.92 Å². The van der Waals surface area contributed by atoms with Crippen molar-refractivity contribution in [3.63, 3.8) is 0 Å². The van der Waals surface area contributed by atoms with Crippen LogP contribution in [0.25, 0.3) is 0 Å². The first-order valence-corrected chi connectivity index (χ1v) is 5.52. The van der Waals surface area contributed by atoms with Crippen molar-refractivity contribution >= 4 is 32.4 Å². The van der Waals surface area contributed by atoms with E-state index in [0.717, 1.165) is 22.1 Å². The summed E-state index contributed by atoms with van der Waals surface area (Å²) < 4.78 is 2.53. The maximum atomic E-state index is 3.90. The Hall–Kier alpha value is -1.02. The molecule has 2 aromatic rings. The average Bonchev–Trinajstić information content (AvgIpc) is 2.77. The van der Waals surface area contributed by atoms with E-state index in [0.29, 0.717) is 0 Å². The normalized spacial score (nSPS) is 10.4. The average molecular weight is 275 g/mol. The van der Waals surface area contributed by atoms with E-state index in [-0.39, 0.29) is 0 Å². The van der Waals surface area contributed by atoms with Crippen LogP contribution in [0.5, 0.6) is 0 Å². The second kappa shape index (κ2) is 4.47. The highest BCUT2D eigenvalue weighted by molar-refractivity contribution is 9.11. The molecule has 2 rings (SSSR count). The van der Waals surface area contributed by atoms with E-state index in [9.17, 15) is 0 Å². The van der Waals surface area contributed by atoms with Gasteiger partial charge < -0.3 is 5.32 Å². The summed E-state index contributed by atoms with van der Waals surface area (Å²) in [5, 5.41) is 19.2. The number of anilines is 1. The van der Waals surface area contributed by atoms with Crippen LogP contribution in [-0.2, 0) is 6.54 Å². The summed E-state index contributed by atoms with van der Waals surface area (Å²) in [7, 11) is 0. The Bertz CT molecular complexity index is 385. The Morgan fingerprint density at radius 1 is 1.50 bits per heavy atom. The Kier molecular flexibility index (Phi) is 3.04. The largest absolute Gasteiger partial charge is 0.358 e. The highest BCUT2D eigenvalue weighted by Crippen LogP contribution is 2.19. The summed E-state index contributed by atoms with van der Waals surface area (Å²) in [4.78, 5) is 0. The van der Waals surface area contributed by atoms with Gasteiger partial charge in [0.05, 0.1) is 12.7 Å². The molecule has 0 spiro atoms. The van der Waals surface area contributed by atoms with Crippen molar-refractivity contribution in [1.82, 2.24) is 25.2 Å². The van der Waals surface area contributed by atoms with Crippen molar-refractivity contribution in [2.45, 2.75) is 6.54 Å². The predicted molar refractivity (Wildman–Crippen MR) is 56.1 cm³/mol. The van der Waals surface area contributed by atoms with Gasteiger partial charge in [0.2, 0.25) is 5.13 Å². The third kappa shape index (κ3) is 2.48. The fourth-order valence-electron chi connectivity index (χ4n) is 0.906. The molecule has 0 saturated carbocycles. The molecule has 0 amide bonds. The molecule has 74 valence electrons. The van der Waals surface area contributed by atoms with Crippen molar-refractivity contribution in [2.24, 2.45) is 0 Å². The van der Waals surface area contributed by atoms with Crippen molar-refractivity contribution in [3.05, 3.63) is 16.3 Å². The lowest BCUT2D eigenvalue weighted by atomic mass is 10.6. The van der Waals surface area contributed by atoms with Gasteiger partial charge in [-0.3, -0.25) is 4.68 Å². The molecule has 0 saturated heterocycles. The molecule has 8 heteroatoms. The van der Waals surface area contributed by atoms with Crippen LogP contribution < -0.4 is 5.32 Å². The molecule has 2 aromatic heterocycles. The smallest absolute Gasteiger partial charge is 0.206 e. The molecule has 1 N–H and O–H groups in total. The minimum atomic E-state index is 0.755. The molecule has 0 aliphatic heterocycles. The van der Waals surface area contributed by atoms with Gasteiger partial charge in [-0.2, -0.15) is 0 Å². The molecule has 0 aliphatic carbocycles. The summed E-state index contributed by atoms with van der Waals surface area (Å²) in [5.41, 5.74) is 0. The van der Waals surface area contributed by atoms with E-state index in [2.05, 4.69) is 41.8 Å². The topological polar surface area (TPSA) is 68.5 Å². The van der Waals surface area contributed by atoms with E-state index in [1.165, 1.54) is 11.3 Å². The number of hydrogen-bond acceptors (Lipinski definition) is 6. The molecular formula is C6H7BrN6S. The summed E-state index contributed by atoms with van der Waals surface area (Å²) in [6.45, 7) is 1.52. The third-order valence-corrected chi connectivity index (χ3v) is 2.80. The molecule has 2 heterocycles. The number of rotatable bonds is 4. The highest BCUT2D eigenvalue weighted by atomic mass is 79.9. The van der Waals surface area contributed by atoms with E-state index in [1.807, 2.05) is 6.20 Å². The first-order chi connectivity index (χ1) is 6.84. The SMILES string of the molecule is Brc1nnc(NCCn2ccnn2)s1. The third-order valence-electron chi connectivity index (χ3n) is 1.49. The molecule has 0 atom stereocenters. The maximum Gasteiger partial charge on any atom is 0.206 e. The second-order valence-electron chi connectivity index (χ2n) is 2.45. The molecular weight excluding hydrogens is 268 g/mol. The molecule has 0 bridgehead atoms. The molecule has 6 nitrogen and oxygen atoms in total. The molecule has 14 heavy (non-hydrogen) atoms. The minimum Gasteiger partial charge on any atom is -0.358 e. The number of halogens is 1. The number of nitrogens with one attached hydrogen (secondary N) is 1. The van der Waals surface area contributed by atoms with Crippen molar-refractivity contribution < 1.29 is 0 Å². The highest BCUT2D eigenvalue weighted by Gasteiger charge is 1.99. The zero-order valence-electron chi connectivity index (χ0n) is 7.09. The summed E-state index contributed by atoms with van der Waals surface area (Å²) >= 11 is 4.70. The van der Waals surface area contributed by atoms with Gasteiger partial charge in [0.25, 0.3) is 0 Å². The first-order valence-electron chi connectivity index (χ1n) is 3.91. The van der Waals surface area contributed by atoms with E-state index in [4.69, 9.17) is 0 Å². The van der Waals surface area contributed by atoms with Gasteiger partial charge in [0, 0.05) is 12.7 Å². The van der Waals surface area contributed by atoms with Crippen LogP contribution in [0.3, 0.4) is 0 Å².